The maximum absolute atomic E-state index is 13.6. The zero-order chi connectivity index (χ0) is 26.2. The Balaban J connectivity index is 2.42. The third kappa shape index (κ3) is 7.72. The molecule has 2 unspecified atom stereocenters. The van der Waals surface area contributed by atoms with E-state index in [1.165, 1.54) is 12.0 Å². The number of nitrogens with zero attached hydrogens (tertiary/aromatic N) is 1. The van der Waals surface area contributed by atoms with Crippen LogP contribution in [0.25, 0.3) is 0 Å². The summed E-state index contributed by atoms with van der Waals surface area (Å²) in [6.07, 6.45) is 6.70. The second-order valence-electron chi connectivity index (χ2n) is 9.17. The molecule has 1 aliphatic rings. The Morgan fingerprint density at radius 3 is 2.29 bits per heavy atom. The number of nitrogens with one attached hydrogen (secondary N) is 2. The van der Waals surface area contributed by atoms with E-state index in [9.17, 15) is 24.3 Å². The Morgan fingerprint density at radius 2 is 1.83 bits per heavy atom. The van der Waals surface area contributed by atoms with Crippen LogP contribution in [0.2, 0.25) is 0 Å². The number of aliphatic hydroxyl groups is 1. The van der Waals surface area contributed by atoms with Gasteiger partial charge in [0.15, 0.2) is 0 Å². The van der Waals surface area contributed by atoms with Gasteiger partial charge in [-0.25, -0.2) is 4.79 Å². The number of hydrogen-bond donors (Lipinski definition) is 3. The number of ether oxygens (including phenoxy) is 2. The lowest BCUT2D eigenvalue weighted by atomic mass is 9.88. The summed E-state index contributed by atoms with van der Waals surface area (Å²) < 4.78 is 9.81. The number of aliphatic hydroxyl groups excluding tert-OH is 1. The summed E-state index contributed by atoms with van der Waals surface area (Å²) in [5.41, 5.74) is 0.236. The van der Waals surface area contributed by atoms with Gasteiger partial charge >= 0.3 is 12.1 Å². The summed E-state index contributed by atoms with van der Waals surface area (Å²) >= 11 is 0. The molecule has 1 aromatic carbocycles. The lowest BCUT2D eigenvalue weighted by Crippen LogP contribution is -2.58. The van der Waals surface area contributed by atoms with E-state index in [1.54, 1.807) is 45.0 Å². The van der Waals surface area contributed by atoms with Crippen LogP contribution in [0.15, 0.2) is 24.3 Å². The third-order valence-corrected chi connectivity index (χ3v) is 5.45. The number of carbonyl (C=O) groups excluding carboxylic acids is 4. The average molecular weight is 488 g/mol. The zero-order valence-electron chi connectivity index (χ0n) is 20.5. The fourth-order valence-electron chi connectivity index (χ4n) is 3.53. The summed E-state index contributed by atoms with van der Waals surface area (Å²) in [5.74, 6) is 0.583. The maximum Gasteiger partial charge on any atom is 0.408 e. The maximum atomic E-state index is 13.6. The average Bonchev–Trinajstić information content (AvgIpc) is 2.78. The number of alkyl carbamates (subject to hydrolysis) is 1. The third-order valence-electron chi connectivity index (χ3n) is 5.45. The molecule has 10 heteroatoms. The Bertz CT molecular complexity index is 959. The van der Waals surface area contributed by atoms with Crippen LogP contribution >= 0.6 is 0 Å². The van der Waals surface area contributed by atoms with Crippen molar-refractivity contribution >= 4 is 23.9 Å². The van der Waals surface area contributed by atoms with Gasteiger partial charge in [0.05, 0.1) is 13.7 Å². The topological polar surface area (TPSA) is 134 Å². The first-order valence-corrected chi connectivity index (χ1v) is 11.3. The molecule has 190 valence electrons. The highest BCUT2D eigenvalue weighted by molar-refractivity contribution is 5.93. The van der Waals surface area contributed by atoms with Crippen molar-refractivity contribution in [3.05, 3.63) is 35.4 Å². The van der Waals surface area contributed by atoms with Crippen LogP contribution < -0.4 is 10.6 Å². The van der Waals surface area contributed by atoms with Gasteiger partial charge in [-0.2, -0.15) is 0 Å². The van der Waals surface area contributed by atoms with E-state index in [-0.39, 0.29) is 12.6 Å². The second-order valence-corrected chi connectivity index (χ2v) is 9.17. The quantitative estimate of drug-likeness (QED) is 0.353. The van der Waals surface area contributed by atoms with Crippen molar-refractivity contribution in [2.75, 3.05) is 20.3 Å². The van der Waals surface area contributed by atoms with Gasteiger partial charge in [-0.1, -0.05) is 18.1 Å². The molecule has 2 atom stereocenters. The number of hydrogen-bond acceptors (Lipinski definition) is 7. The molecule has 0 spiro atoms. The van der Waals surface area contributed by atoms with Crippen molar-refractivity contribution in [3.63, 3.8) is 0 Å². The number of amides is 3. The number of carbonyl (C=O) groups is 4. The number of esters is 1. The molecule has 0 aromatic heterocycles. The van der Waals surface area contributed by atoms with E-state index in [0.29, 0.717) is 24.0 Å². The Morgan fingerprint density at radius 1 is 1.20 bits per heavy atom. The van der Waals surface area contributed by atoms with Crippen LogP contribution in [0.3, 0.4) is 0 Å². The van der Waals surface area contributed by atoms with Crippen molar-refractivity contribution in [1.29, 1.82) is 0 Å². The van der Waals surface area contributed by atoms with Gasteiger partial charge in [0.25, 0.3) is 0 Å². The highest BCUT2D eigenvalue weighted by Crippen LogP contribution is 2.33. The van der Waals surface area contributed by atoms with Crippen molar-refractivity contribution in [2.24, 2.45) is 0 Å². The molecular weight excluding hydrogens is 454 g/mol. The minimum atomic E-state index is -1.34. The largest absolute Gasteiger partial charge is 0.468 e. The molecule has 3 N–H and O–H groups in total. The van der Waals surface area contributed by atoms with Gasteiger partial charge in [0.1, 0.15) is 24.2 Å². The van der Waals surface area contributed by atoms with Gasteiger partial charge in [-0.3, -0.25) is 14.4 Å². The molecule has 1 aromatic rings. The van der Waals surface area contributed by atoms with Gasteiger partial charge < -0.3 is 30.1 Å². The molecule has 0 heterocycles. The minimum absolute atomic E-state index is 0.307. The molecule has 0 radical (unpaired) electrons. The molecular formula is C25H33N3O7. The molecule has 35 heavy (non-hydrogen) atoms. The molecule has 0 bridgehead atoms. The lowest BCUT2D eigenvalue weighted by Gasteiger charge is -2.43. The summed E-state index contributed by atoms with van der Waals surface area (Å²) in [7, 11) is 1.20. The highest BCUT2D eigenvalue weighted by Gasteiger charge is 2.42. The van der Waals surface area contributed by atoms with Crippen LogP contribution in [-0.2, 0) is 23.9 Å². The normalized spacial score (nSPS) is 15.0. The summed E-state index contributed by atoms with van der Waals surface area (Å²) in [5, 5.41) is 14.8. The summed E-state index contributed by atoms with van der Waals surface area (Å²) in [6.45, 7) is 3.92. The fraction of sp³-hybridized carbons (Fsp3) is 0.520. The van der Waals surface area contributed by atoms with Gasteiger partial charge in [-0.15, -0.1) is 6.42 Å². The molecule has 0 saturated heterocycles. The summed E-state index contributed by atoms with van der Waals surface area (Å²) in [4.78, 5) is 52.2. The second kappa shape index (κ2) is 12.2. The lowest BCUT2D eigenvalue weighted by molar-refractivity contribution is -0.149. The van der Waals surface area contributed by atoms with E-state index in [4.69, 9.17) is 11.2 Å². The molecule has 2 rings (SSSR count). The van der Waals surface area contributed by atoms with Gasteiger partial charge in [-0.05, 0) is 57.7 Å². The predicted octanol–water partition coefficient (Wildman–Crippen LogP) is 1.26. The monoisotopic (exact) mass is 487 g/mol. The van der Waals surface area contributed by atoms with Crippen LogP contribution in [0.5, 0.6) is 0 Å². The Hall–Kier alpha value is -3.58. The minimum Gasteiger partial charge on any atom is -0.468 e. The standard InChI is InChI=1S/C25H33N3O7/c1-6-16-10-12-17(13-11-16)21(22(31)26-14-20(30)34-5)28(18-8-7-9-18)23(32)19(15-29)27-24(33)35-25(2,3)4/h1,10-13,18-19,21,29H,7-9,14-15H2,2-5H3,(H,26,31)(H,27,33). The van der Waals surface area contributed by atoms with Gasteiger partial charge in [0.2, 0.25) is 11.8 Å². The van der Waals surface area contributed by atoms with Crippen LogP contribution in [0.4, 0.5) is 4.79 Å². The Labute approximate surface area is 205 Å². The van der Waals surface area contributed by atoms with E-state index >= 15 is 0 Å². The molecule has 1 fully saturated rings. The van der Waals surface area contributed by atoms with Crippen molar-refractivity contribution in [3.8, 4) is 12.3 Å². The molecule has 1 aliphatic carbocycles. The van der Waals surface area contributed by atoms with Gasteiger partial charge in [0, 0.05) is 11.6 Å². The predicted molar refractivity (Wildman–Crippen MR) is 127 cm³/mol. The first-order valence-electron chi connectivity index (χ1n) is 11.3. The van der Waals surface area contributed by atoms with E-state index in [0.717, 1.165) is 6.42 Å². The number of rotatable bonds is 9. The van der Waals surface area contributed by atoms with E-state index in [2.05, 4.69) is 21.3 Å². The van der Waals surface area contributed by atoms with E-state index in [1.807, 2.05) is 0 Å². The van der Waals surface area contributed by atoms with E-state index < -0.39 is 48.2 Å². The van der Waals surface area contributed by atoms with Crippen LogP contribution in [0.1, 0.15) is 57.2 Å². The first kappa shape index (κ1) is 27.7. The SMILES string of the molecule is C#Cc1ccc(C(C(=O)NCC(=O)OC)N(C(=O)C(CO)NC(=O)OC(C)(C)C)C2CCC2)cc1. The smallest absolute Gasteiger partial charge is 0.408 e. The zero-order valence-corrected chi connectivity index (χ0v) is 20.5. The van der Waals surface area contributed by atoms with Crippen molar-refractivity contribution in [1.82, 2.24) is 15.5 Å². The van der Waals surface area contributed by atoms with Crippen molar-refractivity contribution < 1.29 is 33.8 Å². The molecule has 10 nitrogen and oxygen atoms in total. The molecule has 1 saturated carbocycles. The highest BCUT2D eigenvalue weighted by atomic mass is 16.6. The van der Waals surface area contributed by atoms with Crippen LogP contribution in [-0.4, -0.2) is 71.8 Å². The fourth-order valence-corrected chi connectivity index (χ4v) is 3.53. The Kier molecular flexibility index (Phi) is 9.66. The summed E-state index contributed by atoms with van der Waals surface area (Å²) in [6, 6.07) is 3.75. The van der Waals surface area contributed by atoms with Crippen LogP contribution in [0, 0.1) is 12.3 Å². The number of benzene rings is 1. The van der Waals surface area contributed by atoms with Crippen molar-refractivity contribution in [2.45, 2.75) is 63.8 Å². The number of terminal acetylenes is 1. The number of methoxy groups -OCH3 is 1. The molecule has 0 aliphatic heterocycles. The first-order chi connectivity index (χ1) is 16.5. The molecule has 3 amide bonds.